The van der Waals surface area contributed by atoms with Gasteiger partial charge in [-0.15, -0.1) is 0 Å². The maximum atomic E-state index is 12.2. The summed E-state index contributed by atoms with van der Waals surface area (Å²) in [4.78, 5) is 0.0239. The van der Waals surface area contributed by atoms with E-state index < -0.39 is 10.0 Å². The zero-order chi connectivity index (χ0) is 14.0. The van der Waals surface area contributed by atoms with Crippen LogP contribution in [0.4, 0.5) is 0 Å². The number of hydrogen-bond donors (Lipinski definition) is 1. The van der Waals surface area contributed by atoms with Gasteiger partial charge in [0.1, 0.15) is 4.90 Å². The van der Waals surface area contributed by atoms with Gasteiger partial charge >= 0.3 is 0 Å². The van der Waals surface area contributed by atoms with Crippen molar-refractivity contribution in [2.24, 2.45) is 5.92 Å². The molecule has 1 unspecified atom stereocenters. The van der Waals surface area contributed by atoms with Crippen molar-refractivity contribution < 1.29 is 8.42 Å². The van der Waals surface area contributed by atoms with Crippen LogP contribution in [0.25, 0.3) is 0 Å². The predicted molar refractivity (Wildman–Crippen MR) is 73.3 cm³/mol. The summed E-state index contributed by atoms with van der Waals surface area (Å²) in [5, 5.41) is 8.81. The van der Waals surface area contributed by atoms with Crippen molar-refractivity contribution in [3.63, 3.8) is 0 Å². The minimum atomic E-state index is -3.62. The van der Waals surface area contributed by atoms with Gasteiger partial charge in [-0.2, -0.15) is 5.26 Å². The maximum absolute atomic E-state index is 12.2. The molecule has 6 heteroatoms. The summed E-state index contributed by atoms with van der Waals surface area (Å²) in [6, 6.07) is 6.00. The van der Waals surface area contributed by atoms with Crippen LogP contribution >= 0.6 is 11.6 Å². The number of halogens is 1. The Morgan fingerprint density at radius 3 is 2.74 bits per heavy atom. The molecule has 0 bridgehead atoms. The molecular formula is C13H15ClN2O2S. The molecule has 4 nitrogen and oxygen atoms in total. The summed E-state index contributed by atoms with van der Waals surface area (Å²) in [6.07, 6.45) is 3.22. The molecule has 1 atom stereocenters. The predicted octanol–water partition coefficient (Wildman–Crippen LogP) is 2.68. The van der Waals surface area contributed by atoms with Crippen LogP contribution in [-0.4, -0.2) is 14.5 Å². The minimum Gasteiger partial charge on any atom is -0.208 e. The van der Waals surface area contributed by atoms with Crippen LogP contribution in [0.5, 0.6) is 0 Å². The van der Waals surface area contributed by atoms with E-state index in [4.69, 9.17) is 16.9 Å². The first-order valence-electron chi connectivity index (χ1n) is 6.14. The molecule has 0 saturated heterocycles. The molecular weight excluding hydrogens is 284 g/mol. The van der Waals surface area contributed by atoms with Gasteiger partial charge in [-0.25, -0.2) is 13.1 Å². The van der Waals surface area contributed by atoms with Gasteiger partial charge in [-0.05, 0) is 37.5 Å². The average Bonchev–Trinajstić information content (AvgIpc) is 3.11. The van der Waals surface area contributed by atoms with Gasteiger partial charge in [-0.3, -0.25) is 0 Å². The van der Waals surface area contributed by atoms with Gasteiger partial charge < -0.3 is 0 Å². The second-order valence-electron chi connectivity index (χ2n) is 4.96. The first-order chi connectivity index (χ1) is 8.92. The van der Waals surface area contributed by atoms with Crippen LogP contribution in [0.15, 0.2) is 23.1 Å². The highest BCUT2D eigenvalue weighted by molar-refractivity contribution is 7.89. The number of nitrogens with one attached hydrogen (secondary N) is 1. The highest BCUT2D eigenvalue weighted by Crippen LogP contribution is 2.33. The molecule has 102 valence electrons. The Morgan fingerprint density at radius 1 is 1.53 bits per heavy atom. The molecule has 1 N–H and O–H groups in total. The summed E-state index contributed by atoms with van der Waals surface area (Å²) in [5.74, 6) is 0.647. The van der Waals surface area contributed by atoms with Crippen molar-refractivity contribution in [3.8, 4) is 6.07 Å². The largest absolute Gasteiger partial charge is 0.242 e. The SMILES string of the molecule is CC(CC1CC1)NS(=O)(=O)c1ccc(C#N)cc1Cl. The summed E-state index contributed by atoms with van der Waals surface area (Å²) < 4.78 is 27.0. The fraction of sp³-hybridized carbons (Fsp3) is 0.462. The van der Waals surface area contributed by atoms with Gasteiger partial charge in [0.05, 0.1) is 16.7 Å². The zero-order valence-electron chi connectivity index (χ0n) is 10.6. The van der Waals surface area contributed by atoms with Crippen molar-refractivity contribution in [1.82, 2.24) is 4.72 Å². The van der Waals surface area contributed by atoms with Gasteiger partial charge in [-0.1, -0.05) is 24.4 Å². The Hall–Kier alpha value is -1.09. The molecule has 1 aliphatic carbocycles. The summed E-state index contributed by atoms with van der Waals surface area (Å²) in [5.41, 5.74) is 0.343. The molecule has 2 rings (SSSR count). The molecule has 19 heavy (non-hydrogen) atoms. The van der Waals surface area contributed by atoms with E-state index in [9.17, 15) is 8.42 Å². The van der Waals surface area contributed by atoms with E-state index in [0.29, 0.717) is 11.5 Å². The van der Waals surface area contributed by atoms with Crippen molar-refractivity contribution in [2.45, 2.75) is 37.1 Å². The van der Waals surface area contributed by atoms with E-state index in [2.05, 4.69) is 4.72 Å². The number of benzene rings is 1. The molecule has 0 radical (unpaired) electrons. The lowest BCUT2D eigenvalue weighted by molar-refractivity contribution is 0.530. The standard InChI is InChI=1S/C13H15ClN2O2S/c1-9(6-10-2-3-10)16-19(17,18)13-5-4-11(8-15)7-12(13)14/h4-5,7,9-10,16H,2-3,6H2,1H3. The number of nitrogens with zero attached hydrogens (tertiary/aromatic N) is 1. The fourth-order valence-corrected chi connectivity index (χ4v) is 3.82. The van der Waals surface area contributed by atoms with E-state index in [0.717, 1.165) is 6.42 Å². The molecule has 0 amide bonds. The molecule has 1 aromatic carbocycles. The van der Waals surface area contributed by atoms with Gasteiger partial charge in [0.2, 0.25) is 10.0 Å². The Bertz CT molecular complexity index is 618. The lowest BCUT2D eigenvalue weighted by Crippen LogP contribution is -2.33. The highest BCUT2D eigenvalue weighted by Gasteiger charge is 2.27. The van der Waals surface area contributed by atoms with E-state index in [1.165, 1.54) is 31.0 Å². The molecule has 1 saturated carbocycles. The van der Waals surface area contributed by atoms with Crippen LogP contribution in [0.2, 0.25) is 5.02 Å². The smallest absolute Gasteiger partial charge is 0.208 e. The van der Waals surface area contributed by atoms with Crippen LogP contribution in [0.1, 0.15) is 31.7 Å². The van der Waals surface area contributed by atoms with Gasteiger partial charge in [0, 0.05) is 6.04 Å². The first-order valence-corrected chi connectivity index (χ1v) is 8.00. The van der Waals surface area contributed by atoms with Crippen molar-refractivity contribution >= 4 is 21.6 Å². The molecule has 0 aliphatic heterocycles. The maximum Gasteiger partial charge on any atom is 0.242 e. The quantitative estimate of drug-likeness (QED) is 0.908. The monoisotopic (exact) mass is 298 g/mol. The third-order valence-corrected chi connectivity index (χ3v) is 5.16. The minimum absolute atomic E-state index is 0.0239. The highest BCUT2D eigenvalue weighted by atomic mass is 35.5. The Labute approximate surface area is 118 Å². The van der Waals surface area contributed by atoms with E-state index in [1.807, 2.05) is 13.0 Å². The Balaban J connectivity index is 2.16. The lowest BCUT2D eigenvalue weighted by atomic mass is 10.2. The van der Waals surface area contributed by atoms with Crippen molar-refractivity contribution in [1.29, 1.82) is 5.26 Å². The lowest BCUT2D eigenvalue weighted by Gasteiger charge is -2.14. The van der Waals surface area contributed by atoms with Crippen molar-refractivity contribution in [3.05, 3.63) is 28.8 Å². The van der Waals surface area contributed by atoms with E-state index in [1.54, 1.807) is 0 Å². The number of sulfonamides is 1. The number of hydrogen-bond acceptors (Lipinski definition) is 3. The zero-order valence-corrected chi connectivity index (χ0v) is 12.1. The van der Waals surface area contributed by atoms with Crippen LogP contribution in [0, 0.1) is 17.2 Å². The fourth-order valence-electron chi connectivity index (χ4n) is 2.02. The third-order valence-electron chi connectivity index (χ3n) is 3.09. The number of nitriles is 1. The molecule has 0 aromatic heterocycles. The van der Waals surface area contributed by atoms with Gasteiger partial charge in [0.25, 0.3) is 0 Å². The molecule has 1 aromatic rings. The normalized spacial score (nSPS) is 16.9. The van der Waals surface area contributed by atoms with E-state index in [-0.39, 0.29) is 16.0 Å². The molecule has 0 spiro atoms. The molecule has 0 heterocycles. The second kappa shape index (κ2) is 5.49. The van der Waals surface area contributed by atoms with Gasteiger partial charge in [0.15, 0.2) is 0 Å². The van der Waals surface area contributed by atoms with Crippen LogP contribution < -0.4 is 4.72 Å². The van der Waals surface area contributed by atoms with Crippen molar-refractivity contribution in [2.75, 3.05) is 0 Å². The van der Waals surface area contributed by atoms with E-state index >= 15 is 0 Å². The average molecular weight is 299 g/mol. The Kier molecular flexibility index (Phi) is 4.14. The first kappa shape index (κ1) is 14.3. The Morgan fingerprint density at radius 2 is 2.21 bits per heavy atom. The van der Waals surface area contributed by atoms with Crippen LogP contribution in [-0.2, 0) is 10.0 Å². The summed E-state index contributed by atoms with van der Waals surface area (Å²) in [7, 11) is -3.62. The summed E-state index contributed by atoms with van der Waals surface area (Å²) >= 11 is 5.92. The summed E-state index contributed by atoms with van der Waals surface area (Å²) in [6.45, 7) is 1.85. The third kappa shape index (κ3) is 3.69. The van der Waals surface area contributed by atoms with Crippen LogP contribution in [0.3, 0.4) is 0 Å². The molecule has 1 fully saturated rings. The molecule has 1 aliphatic rings. The topological polar surface area (TPSA) is 70.0 Å². The number of rotatable bonds is 5. The second-order valence-corrected chi connectivity index (χ2v) is 7.05.